The van der Waals surface area contributed by atoms with E-state index in [0.717, 1.165) is 33.9 Å². The average Bonchev–Trinajstić information content (AvgIpc) is 3.48. The summed E-state index contributed by atoms with van der Waals surface area (Å²) in [6.07, 6.45) is 3.45. The van der Waals surface area contributed by atoms with Gasteiger partial charge in [-0.05, 0) is 61.1 Å². The molecule has 0 unspecified atom stereocenters. The van der Waals surface area contributed by atoms with Gasteiger partial charge >= 0.3 is 6.03 Å². The predicted molar refractivity (Wildman–Crippen MR) is 123 cm³/mol. The largest absolute Gasteiger partial charge is 0.329 e. The third-order valence-corrected chi connectivity index (χ3v) is 6.74. The number of carbonyl (C=O) groups is 3. The molecule has 0 atom stereocenters. The van der Waals surface area contributed by atoms with Crippen LogP contribution >= 0.6 is 11.3 Å². The van der Waals surface area contributed by atoms with Crippen molar-refractivity contribution in [3.63, 3.8) is 0 Å². The van der Waals surface area contributed by atoms with E-state index in [-0.39, 0.29) is 24.9 Å². The molecular weight excluding hydrogens is 424 g/mol. The van der Waals surface area contributed by atoms with Gasteiger partial charge in [-0.15, -0.1) is 11.3 Å². The van der Waals surface area contributed by atoms with Crippen LogP contribution in [0.15, 0.2) is 42.5 Å². The highest BCUT2D eigenvalue weighted by Gasteiger charge is 2.28. The molecule has 7 nitrogen and oxygen atoms in total. The fraction of sp³-hybridized carbons (Fsp3) is 0.250. The van der Waals surface area contributed by atoms with Gasteiger partial charge in [0.15, 0.2) is 5.13 Å². The van der Waals surface area contributed by atoms with Gasteiger partial charge < -0.3 is 5.32 Å². The van der Waals surface area contributed by atoms with Gasteiger partial charge in [0.05, 0.1) is 18.8 Å². The highest BCUT2D eigenvalue weighted by molar-refractivity contribution is 7.16. The SMILES string of the molecule is Cc1sc(NC(=O)c2cccc(CN3C(=O)CNC3=O)c2)nc1-c1ccc2c(c1)CCC2. The Morgan fingerprint density at radius 1 is 1.16 bits per heavy atom. The summed E-state index contributed by atoms with van der Waals surface area (Å²) in [4.78, 5) is 43.3. The van der Waals surface area contributed by atoms with Crippen molar-refractivity contribution in [2.24, 2.45) is 0 Å². The number of nitrogens with zero attached hydrogens (tertiary/aromatic N) is 2. The molecule has 32 heavy (non-hydrogen) atoms. The Hall–Kier alpha value is -3.52. The Labute approximate surface area is 189 Å². The van der Waals surface area contributed by atoms with Crippen molar-refractivity contribution in [1.29, 1.82) is 0 Å². The number of benzene rings is 2. The first-order valence-corrected chi connectivity index (χ1v) is 11.4. The number of rotatable bonds is 5. The van der Waals surface area contributed by atoms with E-state index in [2.05, 4.69) is 33.8 Å². The Morgan fingerprint density at radius 3 is 2.81 bits per heavy atom. The van der Waals surface area contributed by atoms with Crippen LogP contribution in [0.2, 0.25) is 0 Å². The number of nitrogens with one attached hydrogen (secondary N) is 2. The molecule has 0 bridgehead atoms. The summed E-state index contributed by atoms with van der Waals surface area (Å²) in [6.45, 7) is 2.15. The van der Waals surface area contributed by atoms with Crippen molar-refractivity contribution in [3.05, 3.63) is 69.6 Å². The molecule has 8 heteroatoms. The van der Waals surface area contributed by atoms with Crippen LogP contribution in [0, 0.1) is 6.92 Å². The van der Waals surface area contributed by atoms with Crippen LogP contribution < -0.4 is 10.6 Å². The monoisotopic (exact) mass is 446 g/mol. The lowest BCUT2D eigenvalue weighted by atomic mass is 10.0. The minimum atomic E-state index is -0.415. The van der Waals surface area contributed by atoms with Crippen LogP contribution in [0.3, 0.4) is 0 Å². The summed E-state index contributed by atoms with van der Waals surface area (Å²) in [5.74, 6) is -0.555. The zero-order valence-electron chi connectivity index (χ0n) is 17.6. The summed E-state index contributed by atoms with van der Waals surface area (Å²) < 4.78 is 0. The first-order valence-electron chi connectivity index (χ1n) is 10.6. The van der Waals surface area contributed by atoms with Crippen molar-refractivity contribution in [2.75, 3.05) is 11.9 Å². The minimum Gasteiger partial charge on any atom is -0.329 e. The second-order valence-electron chi connectivity index (χ2n) is 8.05. The first-order chi connectivity index (χ1) is 15.5. The molecule has 2 heterocycles. The smallest absolute Gasteiger partial charge is 0.324 e. The summed E-state index contributed by atoms with van der Waals surface area (Å²) in [6, 6.07) is 13.0. The fourth-order valence-electron chi connectivity index (χ4n) is 4.21. The van der Waals surface area contributed by atoms with E-state index >= 15 is 0 Å². The van der Waals surface area contributed by atoms with Crippen molar-refractivity contribution in [1.82, 2.24) is 15.2 Å². The number of aryl methyl sites for hydroxylation is 3. The summed E-state index contributed by atoms with van der Waals surface area (Å²) >= 11 is 1.45. The minimum absolute atomic E-state index is 0.00889. The lowest BCUT2D eigenvalue weighted by Gasteiger charge is -2.13. The molecule has 1 aromatic heterocycles. The second kappa shape index (κ2) is 8.20. The molecule has 1 fully saturated rings. The van der Waals surface area contributed by atoms with Crippen LogP contribution in [-0.4, -0.2) is 34.3 Å². The molecule has 3 aromatic rings. The van der Waals surface area contributed by atoms with Crippen molar-refractivity contribution >= 4 is 34.3 Å². The zero-order chi connectivity index (χ0) is 22.2. The molecule has 0 radical (unpaired) electrons. The molecule has 0 spiro atoms. The Balaban J connectivity index is 1.32. The van der Waals surface area contributed by atoms with E-state index in [9.17, 15) is 14.4 Å². The highest BCUT2D eigenvalue weighted by Crippen LogP contribution is 2.33. The topological polar surface area (TPSA) is 91.4 Å². The summed E-state index contributed by atoms with van der Waals surface area (Å²) in [5, 5.41) is 5.93. The first kappa shape index (κ1) is 20.4. The summed E-state index contributed by atoms with van der Waals surface area (Å²) in [7, 11) is 0. The van der Waals surface area contributed by atoms with E-state index in [1.807, 2.05) is 6.92 Å². The number of fused-ring (bicyclic) bond motifs is 1. The van der Waals surface area contributed by atoms with E-state index in [0.29, 0.717) is 16.3 Å². The average molecular weight is 447 g/mol. The second-order valence-corrected chi connectivity index (χ2v) is 9.26. The zero-order valence-corrected chi connectivity index (χ0v) is 18.4. The third-order valence-electron chi connectivity index (χ3n) is 5.86. The van der Waals surface area contributed by atoms with Gasteiger partial charge in [0, 0.05) is 16.0 Å². The van der Waals surface area contributed by atoms with E-state index in [1.165, 1.54) is 28.9 Å². The standard InChI is InChI=1S/C24H22N4O3S/c1-14-21(18-9-8-16-5-3-6-17(16)11-18)26-23(32-14)27-22(30)19-7-2-4-15(10-19)13-28-20(29)12-25-24(28)31/h2,4,7-11H,3,5-6,12-13H2,1H3,(H,25,31)(H,26,27,30). The maximum absolute atomic E-state index is 12.8. The van der Waals surface area contributed by atoms with Gasteiger partial charge in [0.25, 0.3) is 5.91 Å². The van der Waals surface area contributed by atoms with Gasteiger partial charge in [-0.1, -0.05) is 24.3 Å². The van der Waals surface area contributed by atoms with Crippen LogP contribution in [0.1, 0.15) is 38.3 Å². The van der Waals surface area contributed by atoms with Gasteiger partial charge in [-0.3, -0.25) is 19.8 Å². The Morgan fingerprint density at radius 2 is 2.00 bits per heavy atom. The predicted octanol–water partition coefficient (Wildman–Crippen LogP) is 3.91. The van der Waals surface area contributed by atoms with E-state index in [1.54, 1.807) is 24.3 Å². The summed E-state index contributed by atoms with van der Waals surface area (Å²) in [5.41, 5.74) is 5.94. The molecule has 1 aliphatic carbocycles. The number of anilines is 1. The molecule has 2 aromatic carbocycles. The number of aromatic nitrogens is 1. The molecule has 1 aliphatic heterocycles. The highest BCUT2D eigenvalue weighted by atomic mass is 32.1. The Kier molecular flexibility index (Phi) is 5.22. The maximum Gasteiger partial charge on any atom is 0.324 e. The van der Waals surface area contributed by atoms with Crippen LogP contribution in [0.25, 0.3) is 11.3 Å². The van der Waals surface area contributed by atoms with Gasteiger partial charge in [0.2, 0.25) is 5.91 Å². The molecular formula is C24H22N4O3S. The third kappa shape index (κ3) is 3.89. The molecule has 4 amide bonds. The molecule has 2 aliphatic rings. The number of amides is 4. The fourth-order valence-corrected chi connectivity index (χ4v) is 5.05. The number of hydrogen-bond donors (Lipinski definition) is 2. The molecule has 162 valence electrons. The van der Waals surface area contributed by atoms with Crippen LogP contribution in [0.5, 0.6) is 0 Å². The number of thiazole rings is 1. The quantitative estimate of drug-likeness (QED) is 0.582. The normalized spacial score (nSPS) is 15.1. The molecule has 2 N–H and O–H groups in total. The van der Waals surface area contributed by atoms with Crippen LogP contribution in [-0.2, 0) is 24.2 Å². The van der Waals surface area contributed by atoms with Gasteiger partial charge in [-0.25, -0.2) is 9.78 Å². The number of hydrogen-bond acceptors (Lipinski definition) is 5. The molecule has 0 saturated carbocycles. The van der Waals surface area contributed by atoms with Gasteiger partial charge in [0.1, 0.15) is 0 Å². The maximum atomic E-state index is 12.8. The number of urea groups is 1. The molecule has 5 rings (SSSR count). The van der Waals surface area contributed by atoms with Gasteiger partial charge in [-0.2, -0.15) is 0 Å². The van der Waals surface area contributed by atoms with Crippen molar-refractivity contribution in [2.45, 2.75) is 32.7 Å². The van der Waals surface area contributed by atoms with Crippen molar-refractivity contribution in [3.8, 4) is 11.3 Å². The lowest BCUT2D eigenvalue weighted by Crippen LogP contribution is -2.30. The Bertz CT molecular complexity index is 1230. The van der Waals surface area contributed by atoms with E-state index < -0.39 is 6.03 Å². The molecule has 1 saturated heterocycles. The lowest BCUT2D eigenvalue weighted by molar-refractivity contribution is -0.125. The number of imide groups is 1. The van der Waals surface area contributed by atoms with Crippen LogP contribution in [0.4, 0.5) is 9.93 Å². The van der Waals surface area contributed by atoms with Crippen molar-refractivity contribution < 1.29 is 14.4 Å². The number of carbonyl (C=O) groups excluding carboxylic acids is 3. The van der Waals surface area contributed by atoms with E-state index in [4.69, 9.17) is 0 Å².